The Balaban J connectivity index is 3.01. The molecule has 0 fully saturated rings. The molecule has 2 heterocycles. The highest BCUT2D eigenvalue weighted by Crippen LogP contribution is 2.27. The lowest BCUT2D eigenvalue weighted by molar-refractivity contribution is -0.722. The van der Waals surface area contributed by atoms with Crippen LogP contribution >= 0.6 is 0 Å². The second-order valence-electron chi connectivity index (χ2n) is 2.57. The van der Waals surface area contributed by atoms with E-state index in [0.29, 0.717) is 4.73 Å². The van der Waals surface area contributed by atoms with Gasteiger partial charge >= 0.3 is 0 Å². The van der Waals surface area contributed by atoms with Crippen molar-refractivity contribution in [2.75, 3.05) is 11.5 Å². The minimum Gasteiger partial charge on any atom is -0.593 e. The number of nitrogen functional groups attached to an aromatic ring is 2. The van der Waals surface area contributed by atoms with Gasteiger partial charge in [0, 0.05) is 4.85 Å². The van der Waals surface area contributed by atoms with Crippen molar-refractivity contribution in [1.29, 1.82) is 0 Å². The zero-order valence-electron chi connectivity index (χ0n) is 6.38. The Bertz CT molecular complexity index is 484. The molecule has 0 radical (unpaired) electrons. The van der Waals surface area contributed by atoms with E-state index in [0.717, 1.165) is 6.20 Å². The molecule has 0 aliphatic rings. The summed E-state index contributed by atoms with van der Waals surface area (Å²) in [5, 5.41) is 29.2. The van der Waals surface area contributed by atoms with Crippen molar-refractivity contribution in [3.8, 4) is 0 Å². The third kappa shape index (κ3) is 0.662. The van der Waals surface area contributed by atoms with Gasteiger partial charge in [-0.2, -0.15) is 4.73 Å². The van der Waals surface area contributed by atoms with Gasteiger partial charge in [-0.05, 0) is 4.85 Å². The number of nitrogens with two attached hydrogens (primary N) is 2. The Labute approximate surface area is 71.3 Å². The van der Waals surface area contributed by atoms with Crippen LogP contribution in [-0.4, -0.2) is 20.0 Å². The van der Waals surface area contributed by atoms with Gasteiger partial charge in [0.1, 0.15) is 5.69 Å². The van der Waals surface area contributed by atoms with Gasteiger partial charge in [0.15, 0.2) is 11.3 Å². The summed E-state index contributed by atoms with van der Waals surface area (Å²) in [7, 11) is 0. The highest BCUT2D eigenvalue weighted by atomic mass is 16.6. The summed E-state index contributed by atoms with van der Waals surface area (Å²) >= 11 is 0. The molecule has 0 saturated carbocycles. The lowest BCUT2D eigenvalue weighted by Gasteiger charge is -1.96. The molecule has 0 unspecified atom stereocenters. The van der Waals surface area contributed by atoms with Crippen molar-refractivity contribution in [2.24, 2.45) is 0 Å². The molecule has 0 aliphatic carbocycles. The smallest absolute Gasteiger partial charge is 0.240 e. The van der Waals surface area contributed by atoms with Crippen LogP contribution in [0.1, 0.15) is 0 Å². The minimum atomic E-state index is -0.117. The molecule has 13 heavy (non-hydrogen) atoms. The van der Waals surface area contributed by atoms with Crippen molar-refractivity contribution in [3.05, 3.63) is 11.4 Å². The molecule has 2 rings (SSSR count). The number of hydrogen-bond donors (Lipinski definition) is 4. The van der Waals surface area contributed by atoms with Crippen molar-refractivity contribution < 1.29 is 15.3 Å². The molecule has 6 N–H and O–H groups in total. The second kappa shape index (κ2) is 1.91. The molecule has 0 bridgehead atoms. The average Bonchev–Trinajstić information content (AvgIpc) is 2.48. The minimum absolute atomic E-state index is 0.0185. The maximum atomic E-state index is 10.8. The number of hydrogen-bond acceptors (Lipinski definition) is 5. The molecular formula is C5H7N5O3. The Morgan fingerprint density at radius 3 is 2.54 bits per heavy atom. The Hall–Kier alpha value is -2.25. The van der Waals surface area contributed by atoms with Gasteiger partial charge < -0.3 is 27.1 Å². The summed E-state index contributed by atoms with van der Waals surface area (Å²) in [6.45, 7) is 0. The normalized spacial score (nSPS) is 11.1. The highest BCUT2D eigenvalue weighted by molar-refractivity contribution is 5.94. The quantitative estimate of drug-likeness (QED) is 0.230. The first-order chi connectivity index (χ1) is 6.04. The maximum absolute atomic E-state index is 10.8. The summed E-state index contributed by atoms with van der Waals surface area (Å²) in [6, 6.07) is 0. The first-order valence-electron chi connectivity index (χ1n) is 3.33. The monoisotopic (exact) mass is 185 g/mol. The van der Waals surface area contributed by atoms with Gasteiger partial charge in [0.25, 0.3) is 0 Å². The largest absolute Gasteiger partial charge is 0.593 e. The van der Waals surface area contributed by atoms with Crippen LogP contribution in [0, 0.1) is 5.21 Å². The van der Waals surface area contributed by atoms with E-state index in [1.807, 2.05) is 0 Å². The summed E-state index contributed by atoms with van der Waals surface area (Å²) in [6.07, 6.45) is 0.946. The van der Waals surface area contributed by atoms with Gasteiger partial charge in [0.2, 0.25) is 11.7 Å². The van der Waals surface area contributed by atoms with Crippen LogP contribution < -0.4 is 16.3 Å². The molecule has 0 spiro atoms. The topological polar surface area (TPSA) is 129 Å². The molecule has 2 aromatic rings. The molecule has 2 aromatic heterocycles. The molecular weight excluding hydrogens is 178 g/mol. The van der Waals surface area contributed by atoms with Crippen molar-refractivity contribution in [1.82, 2.24) is 9.58 Å². The summed E-state index contributed by atoms with van der Waals surface area (Å²) < 4.78 is 0.534. The van der Waals surface area contributed by atoms with Crippen LogP contribution in [0.4, 0.5) is 11.5 Å². The van der Waals surface area contributed by atoms with Crippen molar-refractivity contribution >= 4 is 22.5 Å². The first kappa shape index (κ1) is 7.40. The Morgan fingerprint density at radius 1 is 1.38 bits per heavy atom. The third-order valence-electron chi connectivity index (χ3n) is 1.85. The zero-order valence-corrected chi connectivity index (χ0v) is 6.38. The zero-order chi connectivity index (χ0) is 9.75. The Morgan fingerprint density at radius 2 is 2.00 bits per heavy atom. The van der Waals surface area contributed by atoms with Crippen LogP contribution in [0.5, 0.6) is 0 Å². The van der Waals surface area contributed by atoms with Crippen LogP contribution in [0.15, 0.2) is 6.20 Å². The average molecular weight is 185 g/mol. The lowest BCUT2D eigenvalue weighted by Crippen LogP contribution is -2.35. The second-order valence-corrected chi connectivity index (χ2v) is 2.57. The van der Waals surface area contributed by atoms with E-state index in [1.165, 1.54) is 0 Å². The van der Waals surface area contributed by atoms with Gasteiger partial charge in [-0.1, -0.05) is 0 Å². The predicted molar refractivity (Wildman–Crippen MR) is 42.1 cm³/mol. The van der Waals surface area contributed by atoms with Crippen LogP contribution in [0.25, 0.3) is 11.0 Å². The van der Waals surface area contributed by atoms with E-state index >= 15 is 0 Å². The standard InChI is InChI=1S/C5H7N5O3/c6-3-4-2(9(12)5(3)7)1-8(11)10(4)13/h1,12-13H,6-7H2. The summed E-state index contributed by atoms with van der Waals surface area (Å²) in [5.41, 5.74) is 10.7. The number of rotatable bonds is 0. The lowest BCUT2D eigenvalue weighted by atomic mass is 10.4. The molecule has 0 atom stereocenters. The molecule has 0 amide bonds. The van der Waals surface area contributed by atoms with Crippen LogP contribution in [0.3, 0.4) is 0 Å². The predicted octanol–water partition coefficient (Wildman–Crippen LogP) is -1.28. The maximum Gasteiger partial charge on any atom is 0.240 e. The fourth-order valence-electron chi connectivity index (χ4n) is 1.19. The molecule has 8 heteroatoms. The van der Waals surface area contributed by atoms with Gasteiger partial charge in [-0.3, -0.25) is 0 Å². The Kier molecular flexibility index (Phi) is 1.09. The number of nitrogens with zero attached hydrogens (tertiary/aromatic N) is 3. The van der Waals surface area contributed by atoms with E-state index in [4.69, 9.17) is 16.7 Å². The van der Waals surface area contributed by atoms with E-state index in [-0.39, 0.29) is 32.2 Å². The molecule has 0 aliphatic heterocycles. The van der Waals surface area contributed by atoms with E-state index in [1.54, 1.807) is 0 Å². The first-order valence-corrected chi connectivity index (χ1v) is 3.33. The van der Waals surface area contributed by atoms with Crippen molar-refractivity contribution in [3.63, 3.8) is 0 Å². The fraction of sp³-hybridized carbons (Fsp3) is 0. The summed E-state index contributed by atoms with van der Waals surface area (Å²) in [5.74, 6) is -0.117. The molecule has 0 saturated heterocycles. The van der Waals surface area contributed by atoms with Gasteiger partial charge in [-0.15, -0.1) is 0 Å². The van der Waals surface area contributed by atoms with E-state index in [9.17, 15) is 10.4 Å². The molecule has 0 aromatic carbocycles. The van der Waals surface area contributed by atoms with Crippen LogP contribution in [-0.2, 0) is 0 Å². The SMILES string of the molecule is Nc1c(N)n(O)c2c[n+]([O-])n(O)c12. The number of aromatic nitrogens is 3. The van der Waals surface area contributed by atoms with E-state index in [2.05, 4.69) is 0 Å². The highest BCUT2D eigenvalue weighted by Gasteiger charge is 2.22. The number of anilines is 2. The van der Waals surface area contributed by atoms with Gasteiger partial charge in [-0.25, -0.2) is 0 Å². The molecule has 8 nitrogen and oxygen atoms in total. The third-order valence-corrected chi connectivity index (χ3v) is 1.85. The fourth-order valence-corrected chi connectivity index (χ4v) is 1.19. The molecule has 70 valence electrons. The van der Waals surface area contributed by atoms with Crippen LogP contribution in [0.2, 0.25) is 0 Å². The summed E-state index contributed by atoms with van der Waals surface area (Å²) in [4.78, 5) is 0.376. The van der Waals surface area contributed by atoms with Crippen molar-refractivity contribution in [2.45, 2.75) is 0 Å². The van der Waals surface area contributed by atoms with Gasteiger partial charge in [0.05, 0.1) is 0 Å². The number of fused-ring (bicyclic) bond motifs is 1. The van der Waals surface area contributed by atoms with E-state index < -0.39 is 0 Å².